The number of halogens is 2. The third-order valence-corrected chi connectivity index (χ3v) is 3.48. The lowest BCUT2D eigenvalue weighted by atomic mass is 10.3. The minimum absolute atomic E-state index is 0.245. The van der Waals surface area contributed by atoms with Gasteiger partial charge < -0.3 is 15.4 Å². The Kier molecular flexibility index (Phi) is 7.61. The van der Waals surface area contributed by atoms with Gasteiger partial charge in [-0.3, -0.25) is 4.79 Å². The first kappa shape index (κ1) is 17.0. The molecule has 2 amide bonds. The largest absolute Gasteiger partial charge is 0.466 e. The summed E-state index contributed by atoms with van der Waals surface area (Å²) in [6, 6.07) is 5.15. The second-order valence-corrected chi connectivity index (χ2v) is 5.68. The van der Waals surface area contributed by atoms with Crippen molar-refractivity contribution in [1.29, 1.82) is 0 Å². The van der Waals surface area contributed by atoms with Crippen molar-refractivity contribution in [3.8, 4) is 0 Å². The Hall–Kier alpha value is -1.08. The Labute approximate surface area is 134 Å². The van der Waals surface area contributed by atoms with Crippen LogP contribution in [0.25, 0.3) is 0 Å². The monoisotopic (exact) mass is 406 g/mol. The average Bonchev–Trinajstić information content (AvgIpc) is 2.38. The number of esters is 1. The summed E-state index contributed by atoms with van der Waals surface area (Å²) in [6.07, 6.45) is 0.851. The Morgan fingerprint density at radius 2 is 2.05 bits per heavy atom. The number of rotatable bonds is 6. The number of benzene rings is 1. The molecular formula is C13H16Br2N2O3. The summed E-state index contributed by atoms with van der Waals surface area (Å²) in [5, 5.41) is 5.40. The van der Waals surface area contributed by atoms with Crippen molar-refractivity contribution in [2.24, 2.45) is 0 Å². The molecule has 0 fully saturated rings. The van der Waals surface area contributed by atoms with Crippen LogP contribution in [-0.2, 0) is 9.53 Å². The van der Waals surface area contributed by atoms with Crippen LogP contribution in [0.1, 0.15) is 19.8 Å². The molecule has 0 bridgehead atoms. The lowest BCUT2D eigenvalue weighted by Gasteiger charge is -2.09. The molecule has 0 atom stereocenters. The third-order valence-electron chi connectivity index (χ3n) is 2.33. The molecule has 0 aliphatic rings. The number of nitrogens with one attached hydrogen (secondary N) is 2. The van der Waals surface area contributed by atoms with Crippen molar-refractivity contribution in [2.45, 2.75) is 19.8 Å². The van der Waals surface area contributed by atoms with Crippen LogP contribution in [0.4, 0.5) is 10.5 Å². The summed E-state index contributed by atoms with van der Waals surface area (Å²) in [5.74, 6) is -0.245. The molecular weight excluding hydrogens is 392 g/mol. The van der Waals surface area contributed by atoms with E-state index >= 15 is 0 Å². The van der Waals surface area contributed by atoms with Gasteiger partial charge in [-0.1, -0.05) is 15.9 Å². The zero-order chi connectivity index (χ0) is 15.0. The maximum Gasteiger partial charge on any atom is 0.319 e. The minimum Gasteiger partial charge on any atom is -0.466 e. The fraction of sp³-hybridized carbons (Fsp3) is 0.385. The Balaban J connectivity index is 2.28. The lowest BCUT2D eigenvalue weighted by molar-refractivity contribution is -0.143. The van der Waals surface area contributed by atoms with E-state index in [1.54, 1.807) is 13.0 Å². The third kappa shape index (κ3) is 6.38. The van der Waals surface area contributed by atoms with E-state index in [1.807, 2.05) is 12.1 Å². The number of carbonyl (C=O) groups is 2. The summed E-state index contributed by atoms with van der Waals surface area (Å²) >= 11 is 6.70. The molecule has 0 heterocycles. The molecule has 0 spiro atoms. The lowest BCUT2D eigenvalue weighted by Crippen LogP contribution is -2.30. The van der Waals surface area contributed by atoms with Gasteiger partial charge in [-0.25, -0.2) is 4.79 Å². The van der Waals surface area contributed by atoms with E-state index in [0.717, 1.165) is 8.95 Å². The SMILES string of the molecule is CCOC(=O)CCCNC(=O)Nc1ccc(Br)cc1Br. The van der Waals surface area contributed by atoms with E-state index in [0.29, 0.717) is 31.7 Å². The van der Waals surface area contributed by atoms with Gasteiger partial charge in [0.05, 0.1) is 12.3 Å². The first-order chi connectivity index (χ1) is 9.52. The van der Waals surface area contributed by atoms with Gasteiger partial charge in [0.1, 0.15) is 0 Å². The van der Waals surface area contributed by atoms with Gasteiger partial charge in [0.2, 0.25) is 0 Å². The molecule has 0 saturated heterocycles. The topological polar surface area (TPSA) is 67.4 Å². The van der Waals surface area contributed by atoms with Gasteiger partial charge in [-0.05, 0) is 47.5 Å². The molecule has 0 radical (unpaired) electrons. The highest BCUT2D eigenvalue weighted by atomic mass is 79.9. The Morgan fingerprint density at radius 1 is 1.30 bits per heavy atom. The van der Waals surface area contributed by atoms with Crippen molar-refractivity contribution >= 4 is 49.5 Å². The minimum atomic E-state index is -0.308. The first-order valence-electron chi connectivity index (χ1n) is 6.18. The van der Waals surface area contributed by atoms with Crippen LogP contribution >= 0.6 is 31.9 Å². The number of amides is 2. The molecule has 0 aromatic heterocycles. The summed E-state index contributed by atoms with van der Waals surface area (Å²) in [5.41, 5.74) is 0.677. The number of hydrogen-bond acceptors (Lipinski definition) is 3. The van der Waals surface area contributed by atoms with E-state index < -0.39 is 0 Å². The molecule has 0 saturated carbocycles. The van der Waals surface area contributed by atoms with Crippen LogP contribution in [0.5, 0.6) is 0 Å². The van der Waals surface area contributed by atoms with Crippen LogP contribution in [-0.4, -0.2) is 25.2 Å². The normalized spacial score (nSPS) is 9.95. The van der Waals surface area contributed by atoms with Gasteiger partial charge in [0.25, 0.3) is 0 Å². The summed E-state index contributed by atoms with van der Waals surface area (Å²) in [7, 11) is 0. The number of anilines is 1. The van der Waals surface area contributed by atoms with Gasteiger partial charge in [0.15, 0.2) is 0 Å². The quantitative estimate of drug-likeness (QED) is 0.558. The smallest absolute Gasteiger partial charge is 0.319 e. The molecule has 1 aromatic carbocycles. The summed E-state index contributed by atoms with van der Waals surface area (Å²) < 4.78 is 6.50. The molecule has 20 heavy (non-hydrogen) atoms. The Bertz CT molecular complexity index is 481. The summed E-state index contributed by atoms with van der Waals surface area (Å²) in [6.45, 7) is 2.56. The first-order valence-corrected chi connectivity index (χ1v) is 7.77. The number of hydrogen-bond donors (Lipinski definition) is 2. The predicted octanol–water partition coefficient (Wildman–Crippen LogP) is 3.68. The Morgan fingerprint density at radius 3 is 2.70 bits per heavy atom. The molecule has 1 aromatic rings. The standard InChI is InChI=1S/C13H16Br2N2O3/c1-2-20-12(18)4-3-7-16-13(19)17-11-6-5-9(14)8-10(11)15/h5-6,8H,2-4,7H2,1H3,(H2,16,17,19). The van der Waals surface area contributed by atoms with Crippen molar-refractivity contribution in [2.75, 3.05) is 18.5 Å². The maximum atomic E-state index is 11.6. The molecule has 110 valence electrons. The van der Waals surface area contributed by atoms with Crippen LogP contribution < -0.4 is 10.6 Å². The van der Waals surface area contributed by atoms with Gasteiger partial charge >= 0.3 is 12.0 Å². The van der Waals surface area contributed by atoms with Crippen molar-refractivity contribution < 1.29 is 14.3 Å². The molecule has 7 heteroatoms. The number of urea groups is 1. The molecule has 0 unspecified atom stereocenters. The van der Waals surface area contributed by atoms with E-state index in [-0.39, 0.29) is 12.0 Å². The van der Waals surface area contributed by atoms with Crippen molar-refractivity contribution in [1.82, 2.24) is 5.32 Å². The van der Waals surface area contributed by atoms with E-state index in [9.17, 15) is 9.59 Å². The van der Waals surface area contributed by atoms with E-state index in [2.05, 4.69) is 42.5 Å². The van der Waals surface area contributed by atoms with Crippen molar-refractivity contribution in [3.63, 3.8) is 0 Å². The van der Waals surface area contributed by atoms with Gasteiger partial charge in [0, 0.05) is 21.9 Å². The maximum absolute atomic E-state index is 11.6. The highest BCUT2D eigenvalue weighted by Crippen LogP contribution is 2.25. The zero-order valence-corrected chi connectivity index (χ0v) is 14.2. The second-order valence-electron chi connectivity index (χ2n) is 3.91. The highest BCUT2D eigenvalue weighted by molar-refractivity contribution is 9.11. The molecule has 2 N–H and O–H groups in total. The van der Waals surface area contributed by atoms with Crippen LogP contribution in [0.2, 0.25) is 0 Å². The van der Waals surface area contributed by atoms with Crippen LogP contribution in [0, 0.1) is 0 Å². The van der Waals surface area contributed by atoms with Crippen molar-refractivity contribution in [3.05, 3.63) is 27.1 Å². The highest BCUT2D eigenvalue weighted by Gasteiger charge is 2.06. The average molecular weight is 408 g/mol. The second kappa shape index (κ2) is 8.97. The number of ether oxygens (including phenoxy) is 1. The number of carbonyl (C=O) groups excluding carboxylic acids is 2. The fourth-order valence-electron chi connectivity index (χ4n) is 1.43. The van der Waals surface area contributed by atoms with Gasteiger partial charge in [-0.2, -0.15) is 0 Å². The summed E-state index contributed by atoms with van der Waals surface area (Å²) in [4.78, 5) is 22.7. The predicted molar refractivity (Wildman–Crippen MR) is 84.7 cm³/mol. The molecule has 0 aliphatic carbocycles. The molecule has 5 nitrogen and oxygen atoms in total. The van der Waals surface area contributed by atoms with Gasteiger partial charge in [-0.15, -0.1) is 0 Å². The van der Waals surface area contributed by atoms with E-state index in [4.69, 9.17) is 4.74 Å². The van der Waals surface area contributed by atoms with E-state index in [1.165, 1.54) is 0 Å². The van der Waals surface area contributed by atoms with Crippen LogP contribution in [0.15, 0.2) is 27.1 Å². The van der Waals surface area contributed by atoms with Crippen LogP contribution in [0.3, 0.4) is 0 Å². The fourth-order valence-corrected chi connectivity index (χ4v) is 2.57. The molecule has 1 rings (SSSR count). The zero-order valence-electron chi connectivity index (χ0n) is 11.0. The molecule has 0 aliphatic heterocycles.